The number of para-hydroxylation sites is 1. The molecule has 0 radical (unpaired) electrons. The summed E-state index contributed by atoms with van der Waals surface area (Å²) in [6, 6.07) is 7.59. The molecule has 0 spiro atoms. The highest BCUT2D eigenvalue weighted by atomic mass is 32.2. The molecule has 5 nitrogen and oxygen atoms in total. The highest BCUT2D eigenvalue weighted by molar-refractivity contribution is 7.88. The van der Waals surface area contributed by atoms with Gasteiger partial charge in [0, 0.05) is 12.1 Å². The van der Waals surface area contributed by atoms with Crippen molar-refractivity contribution < 1.29 is 8.42 Å². The van der Waals surface area contributed by atoms with Crippen molar-refractivity contribution in [3.63, 3.8) is 0 Å². The van der Waals surface area contributed by atoms with Crippen LogP contribution in [0.2, 0.25) is 0 Å². The fourth-order valence-corrected chi connectivity index (χ4v) is 2.46. The summed E-state index contributed by atoms with van der Waals surface area (Å²) < 4.78 is 24.3. The van der Waals surface area contributed by atoms with Gasteiger partial charge in [0.2, 0.25) is 10.0 Å². The molecule has 0 saturated carbocycles. The Morgan fingerprint density at radius 1 is 1.32 bits per heavy atom. The van der Waals surface area contributed by atoms with Crippen LogP contribution in [0.25, 0.3) is 10.9 Å². The van der Waals surface area contributed by atoms with Crippen LogP contribution in [0.15, 0.2) is 29.1 Å². The molecule has 0 atom stereocenters. The first-order valence-electron chi connectivity index (χ1n) is 5.93. The standard InChI is InChI=1S/C13H16N2O3S/c1-9-4-3-5-10-8-11(13(16)15-12(9)10)6-7-14-19(2,17)18/h3-5,8,14H,6-7H2,1-2H3,(H,15,16). The first-order valence-corrected chi connectivity index (χ1v) is 7.82. The van der Waals surface area contributed by atoms with Crippen molar-refractivity contribution in [1.82, 2.24) is 9.71 Å². The molecule has 19 heavy (non-hydrogen) atoms. The lowest BCUT2D eigenvalue weighted by molar-refractivity contribution is 0.587. The van der Waals surface area contributed by atoms with Crippen molar-refractivity contribution >= 4 is 20.9 Å². The van der Waals surface area contributed by atoms with E-state index in [4.69, 9.17) is 0 Å². The maximum Gasteiger partial charge on any atom is 0.251 e. The molecule has 102 valence electrons. The van der Waals surface area contributed by atoms with E-state index < -0.39 is 10.0 Å². The van der Waals surface area contributed by atoms with Crippen LogP contribution < -0.4 is 10.3 Å². The highest BCUT2D eigenvalue weighted by Crippen LogP contribution is 2.14. The minimum Gasteiger partial charge on any atom is -0.321 e. The topological polar surface area (TPSA) is 79.0 Å². The number of pyridine rings is 1. The summed E-state index contributed by atoms with van der Waals surface area (Å²) in [5.41, 5.74) is 2.24. The molecule has 0 fully saturated rings. The Labute approximate surface area is 111 Å². The van der Waals surface area contributed by atoms with Gasteiger partial charge in [-0.2, -0.15) is 0 Å². The number of fused-ring (bicyclic) bond motifs is 1. The Balaban J connectivity index is 2.30. The summed E-state index contributed by atoms with van der Waals surface area (Å²) in [7, 11) is -3.22. The van der Waals surface area contributed by atoms with Gasteiger partial charge in [-0.25, -0.2) is 13.1 Å². The molecule has 1 aromatic heterocycles. The molecule has 2 rings (SSSR count). The number of aromatic nitrogens is 1. The minimum absolute atomic E-state index is 0.169. The van der Waals surface area contributed by atoms with E-state index in [0.717, 1.165) is 22.7 Å². The molecule has 0 unspecified atom stereocenters. The molecular weight excluding hydrogens is 264 g/mol. The third kappa shape index (κ3) is 3.42. The average Bonchev–Trinajstić information content (AvgIpc) is 2.30. The summed E-state index contributed by atoms with van der Waals surface area (Å²) in [5.74, 6) is 0. The fourth-order valence-electron chi connectivity index (χ4n) is 1.99. The Kier molecular flexibility index (Phi) is 3.73. The van der Waals surface area contributed by atoms with Crippen LogP contribution >= 0.6 is 0 Å². The zero-order chi connectivity index (χ0) is 14.0. The smallest absolute Gasteiger partial charge is 0.251 e. The van der Waals surface area contributed by atoms with Gasteiger partial charge in [-0.05, 0) is 30.4 Å². The minimum atomic E-state index is -3.22. The third-order valence-electron chi connectivity index (χ3n) is 2.92. The van der Waals surface area contributed by atoms with Crippen molar-refractivity contribution in [3.8, 4) is 0 Å². The van der Waals surface area contributed by atoms with Gasteiger partial charge in [-0.3, -0.25) is 4.79 Å². The van der Waals surface area contributed by atoms with Gasteiger partial charge in [0.1, 0.15) is 0 Å². The third-order valence-corrected chi connectivity index (χ3v) is 3.65. The summed E-state index contributed by atoms with van der Waals surface area (Å²) >= 11 is 0. The highest BCUT2D eigenvalue weighted by Gasteiger charge is 2.06. The SMILES string of the molecule is Cc1cccc2cc(CCNS(C)(=O)=O)c(=O)[nH]c12. The molecule has 0 bridgehead atoms. The van der Waals surface area contributed by atoms with Gasteiger partial charge in [0.05, 0.1) is 11.8 Å². The van der Waals surface area contributed by atoms with E-state index in [1.54, 1.807) is 0 Å². The number of aryl methyl sites for hydroxylation is 1. The quantitative estimate of drug-likeness (QED) is 0.874. The van der Waals surface area contributed by atoms with Gasteiger partial charge < -0.3 is 4.98 Å². The van der Waals surface area contributed by atoms with Crippen LogP contribution in [0.3, 0.4) is 0 Å². The van der Waals surface area contributed by atoms with Crippen molar-refractivity contribution in [2.24, 2.45) is 0 Å². The predicted molar refractivity (Wildman–Crippen MR) is 75.9 cm³/mol. The number of benzene rings is 1. The lowest BCUT2D eigenvalue weighted by atomic mass is 10.1. The lowest BCUT2D eigenvalue weighted by Crippen LogP contribution is -2.26. The van der Waals surface area contributed by atoms with Gasteiger partial charge in [0.15, 0.2) is 0 Å². The zero-order valence-corrected chi connectivity index (χ0v) is 11.7. The van der Waals surface area contributed by atoms with Crippen molar-refractivity contribution in [1.29, 1.82) is 0 Å². The molecule has 0 saturated heterocycles. The molecule has 0 aliphatic rings. The Bertz CT molecular complexity index is 763. The van der Waals surface area contributed by atoms with E-state index in [-0.39, 0.29) is 12.1 Å². The van der Waals surface area contributed by atoms with E-state index in [0.29, 0.717) is 12.0 Å². The molecule has 2 aromatic rings. The molecule has 2 N–H and O–H groups in total. The van der Waals surface area contributed by atoms with Gasteiger partial charge >= 0.3 is 0 Å². The molecule has 0 aliphatic heterocycles. The van der Waals surface area contributed by atoms with Gasteiger partial charge in [0.25, 0.3) is 5.56 Å². The van der Waals surface area contributed by atoms with Crippen LogP contribution in [-0.2, 0) is 16.4 Å². The van der Waals surface area contributed by atoms with Crippen LogP contribution in [0, 0.1) is 6.92 Å². The Hall–Kier alpha value is -1.66. The molecule has 1 heterocycles. The average molecular weight is 280 g/mol. The van der Waals surface area contributed by atoms with Crippen LogP contribution in [0.4, 0.5) is 0 Å². The summed E-state index contributed by atoms with van der Waals surface area (Å²) in [4.78, 5) is 14.7. The first-order chi connectivity index (χ1) is 8.87. The number of sulfonamides is 1. The molecule has 0 aliphatic carbocycles. The Morgan fingerprint density at radius 3 is 2.74 bits per heavy atom. The van der Waals surface area contributed by atoms with Gasteiger partial charge in [-0.15, -0.1) is 0 Å². The largest absolute Gasteiger partial charge is 0.321 e. The molecular formula is C13H16N2O3S. The van der Waals surface area contributed by atoms with Gasteiger partial charge in [-0.1, -0.05) is 18.2 Å². The maximum absolute atomic E-state index is 11.9. The van der Waals surface area contributed by atoms with Crippen molar-refractivity contribution in [2.75, 3.05) is 12.8 Å². The molecule has 0 amide bonds. The van der Waals surface area contributed by atoms with E-state index in [9.17, 15) is 13.2 Å². The normalized spacial score (nSPS) is 11.9. The number of rotatable bonds is 4. The second-order valence-corrected chi connectivity index (χ2v) is 6.41. The van der Waals surface area contributed by atoms with Crippen LogP contribution in [0.5, 0.6) is 0 Å². The maximum atomic E-state index is 11.9. The van der Waals surface area contributed by atoms with Crippen molar-refractivity contribution in [3.05, 3.63) is 45.7 Å². The summed E-state index contributed by atoms with van der Waals surface area (Å²) in [6.07, 6.45) is 1.47. The van der Waals surface area contributed by atoms with E-state index in [1.807, 2.05) is 31.2 Å². The second kappa shape index (κ2) is 5.14. The molecule has 1 aromatic carbocycles. The summed E-state index contributed by atoms with van der Waals surface area (Å²) in [6.45, 7) is 2.16. The number of hydrogen-bond donors (Lipinski definition) is 2. The lowest BCUT2D eigenvalue weighted by Gasteiger charge is -2.06. The Morgan fingerprint density at radius 2 is 2.05 bits per heavy atom. The zero-order valence-electron chi connectivity index (χ0n) is 10.9. The van der Waals surface area contributed by atoms with E-state index >= 15 is 0 Å². The van der Waals surface area contributed by atoms with E-state index in [2.05, 4.69) is 9.71 Å². The number of H-pyrrole nitrogens is 1. The number of aromatic amines is 1. The predicted octanol–water partition coefficient (Wildman–Crippen LogP) is 0.928. The number of hydrogen-bond acceptors (Lipinski definition) is 3. The van der Waals surface area contributed by atoms with Crippen LogP contribution in [-0.4, -0.2) is 26.2 Å². The monoisotopic (exact) mass is 280 g/mol. The summed E-state index contributed by atoms with van der Waals surface area (Å²) in [5, 5.41) is 0.953. The first kappa shape index (κ1) is 13.8. The number of nitrogens with one attached hydrogen (secondary N) is 2. The molecule has 6 heteroatoms. The van der Waals surface area contributed by atoms with E-state index in [1.165, 1.54) is 0 Å². The van der Waals surface area contributed by atoms with Crippen molar-refractivity contribution in [2.45, 2.75) is 13.3 Å². The van der Waals surface area contributed by atoms with Crippen LogP contribution in [0.1, 0.15) is 11.1 Å². The fraction of sp³-hybridized carbons (Fsp3) is 0.308. The second-order valence-electron chi connectivity index (χ2n) is 4.58.